The van der Waals surface area contributed by atoms with Crippen LogP contribution in [0.5, 0.6) is 17.2 Å². The smallest absolute Gasteiger partial charge is 0.416 e. The molecule has 0 aliphatic carbocycles. The van der Waals surface area contributed by atoms with Crippen molar-refractivity contribution in [1.29, 1.82) is 0 Å². The molecule has 0 radical (unpaired) electrons. The summed E-state index contributed by atoms with van der Waals surface area (Å²) in [4.78, 5) is 14.5. The second-order valence-corrected chi connectivity index (χ2v) is 8.34. The lowest BCUT2D eigenvalue weighted by Gasteiger charge is -2.32. The van der Waals surface area contributed by atoms with E-state index in [1.54, 1.807) is 31.4 Å². The van der Waals surface area contributed by atoms with Crippen molar-refractivity contribution in [2.24, 2.45) is 0 Å². The summed E-state index contributed by atoms with van der Waals surface area (Å²) in [7, 11) is 1.55. The predicted octanol–water partition coefficient (Wildman–Crippen LogP) is 4.28. The Morgan fingerprint density at radius 2 is 1.94 bits per heavy atom. The molecule has 0 spiro atoms. The van der Waals surface area contributed by atoms with E-state index in [1.807, 2.05) is 0 Å². The third-order valence-electron chi connectivity index (χ3n) is 5.87. The third-order valence-corrected chi connectivity index (χ3v) is 5.87. The molecule has 182 valence electrons. The number of likely N-dealkylation sites (tertiary alicyclic amines) is 1. The Balaban J connectivity index is 1.28. The van der Waals surface area contributed by atoms with E-state index in [1.165, 1.54) is 18.2 Å². The van der Waals surface area contributed by atoms with E-state index < -0.39 is 11.7 Å². The molecule has 9 heteroatoms. The normalized spacial score (nSPS) is 17.1. The van der Waals surface area contributed by atoms with Crippen LogP contribution in [-0.2, 0) is 17.5 Å². The van der Waals surface area contributed by atoms with Crippen molar-refractivity contribution >= 4 is 12.0 Å². The van der Waals surface area contributed by atoms with Gasteiger partial charge >= 0.3 is 6.18 Å². The van der Waals surface area contributed by atoms with Gasteiger partial charge in [0.15, 0.2) is 11.5 Å². The number of ether oxygens (including phenoxy) is 3. The number of hydrogen-bond acceptors (Lipinski definition) is 5. The summed E-state index contributed by atoms with van der Waals surface area (Å²) in [6, 6.07) is 9.03. The van der Waals surface area contributed by atoms with Gasteiger partial charge in [0.1, 0.15) is 13.2 Å². The monoisotopic (exact) mass is 476 g/mol. The van der Waals surface area contributed by atoms with Gasteiger partial charge in [0.05, 0.1) is 12.7 Å². The van der Waals surface area contributed by atoms with E-state index in [0.29, 0.717) is 55.7 Å². The average Bonchev–Trinajstić information content (AvgIpc) is 2.83. The number of piperidine rings is 1. The highest BCUT2D eigenvalue weighted by atomic mass is 19.4. The number of benzene rings is 2. The van der Waals surface area contributed by atoms with Gasteiger partial charge in [-0.05, 0) is 48.2 Å². The van der Waals surface area contributed by atoms with Gasteiger partial charge in [0.25, 0.3) is 0 Å². The second-order valence-electron chi connectivity index (χ2n) is 8.34. The zero-order chi connectivity index (χ0) is 24.1. The molecule has 2 aromatic carbocycles. The number of hydrogen-bond donors (Lipinski definition) is 1. The summed E-state index contributed by atoms with van der Waals surface area (Å²) in [6.45, 7) is 2.76. The van der Waals surface area contributed by atoms with Crippen LogP contribution in [0.1, 0.15) is 29.5 Å². The Labute approximate surface area is 196 Å². The van der Waals surface area contributed by atoms with Crippen LogP contribution in [-0.4, -0.2) is 50.3 Å². The lowest BCUT2D eigenvalue weighted by atomic mass is 10.0. The highest BCUT2D eigenvalue weighted by Gasteiger charge is 2.30. The molecule has 0 unspecified atom stereocenters. The molecular formula is C25H27F3N2O4. The number of alkyl halides is 3. The fraction of sp³-hybridized carbons (Fsp3) is 0.400. The summed E-state index contributed by atoms with van der Waals surface area (Å²) in [5, 5.41) is 3.01. The first-order valence-corrected chi connectivity index (χ1v) is 11.2. The third kappa shape index (κ3) is 6.02. The van der Waals surface area contributed by atoms with Gasteiger partial charge in [0, 0.05) is 31.8 Å². The number of nitrogens with zero attached hydrogens (tertiary/aromatic N) is 1. The Morgan fingerprint density at radius 3 is 2.68 bits per heavy atom. The number of carbonyl (C=O) groups excluding carboxylic acids is 1. The number of amides is 1. The van der Waals surface area contributed by atoms with Crippen LogP contribution in [0, 0.1) is 0 Å². The maximum atomic E-state index is 12.9. The van der Waals surface area contributed by atoms with Crippen LogP contribution >= 0.6 is 0 Å². The zero-order valence-corrected chi connectivity index (χ0v) is 18.9. The molecule has 1 saturated heterocycles. The van der Waals surface area contributed by atoms with E-state index in [9.17, 15) is 18.0 Å². The lowest BCUT2D eigenvalue weighted by molar-refractivity contribution is -0.137. The predicted molar refractivity (Wildman–Crippen MR) is 121 cm³/mol. The van der Waals surface area contributed by atoms with E-state index >= 15 is 0 Å². The Kier molecular flexibility index (Phi) is 7.31. The van der Waals surface area contributed by atoms with E-state index in [4.69, 9.17) is 14.2 Å². The quantitative estimate of drug-likeness (QED) is 0.631. The molecule has 1 amide bonds. The van der Waals surface area contributed by atoms with Gasteiger partial charge in [-0.25, -0.2) is 0 Å². The van der Waals surface area contributed by atoms with E-state index in [-0.39, 0.29) is 11.9 Å². The molecule has 6 nitrogen and oxygen atoms in total. The minimum atomic E-state index is -4.34. The largest absolute Gasteiger partial charge is 0.493 e. The van der Waals surface area contributed by atoms with Crippen molar-refractivity contribution < 1.29 is 32.2 Å². The topological polar surface area (TPSA) is 60.0 Å². The minimum absolute atomic E-state index is 0.0183. The summed E-state index contributed by atoms with van der Waals surface area (Å²) >= 11 is 0. The van der Waals surface area contributed by atoms with Gasteiger partial charge < -0.3 is 19.5 Å². The number of halogens is 3. The Hall–Kier alpha value is -3.20. The Bertz CT molecular complexity index is 1030. The molecule has 2 aliphatic heterocycles. The van der Waals surface area contributed by atoms with Crippen molar-refractivity contribution in [2.45, 2.75) is 31.6 Å². The standard InChI is InChI=1S/C25H27F3N2O4/c1-32-21-14-17(15-22-24(21)34-12-11-33-22)5-6-23(31)29-20-7-9-30(10-8-20)16-18-3-2-4-19(13-18)25(26,27)28/h2-6,13-15,20H,7-12,16H2,1H3,(H,29,31). The van der Waals surface area contributed by atoms with Gasteiger partial charge in [0.2, 0.25) is 11.7 Å². The summed E-state index contributed by atoms with van der Waals surface area (Å²) in [6.07, 6.45) is 0.289. The van der Waals surface area contributed by atoms with Crippen molar-refractivity contribution in [2.75, 3.05) is 33.4 Å². The Morgan fingerprint density at radius 1 is 1.18 bits per heavy atom. The van der Waals surface area contributed by atoms with Gasteiger partial charge in [-0.2, -0.15) is 13.2 Å². The van der Waals surface area contributed by atoms with Crippen molar-refractivity contribution in [3.8, 4) is 17.2 Å². The van der Waals surface area contributed by atoms with Gasteiger partial charge in [-0.3, -0.25) is 9.69 Å². The maximum absolute atomic E-state index is 12.9. The van der Waals surface area contributed by atoms with Crippen molar-refractivity contribution in [3.63, 3.8) is 0 Å². The summed E-state index contributed by atoms with van der Waals surface area (Å²) in [5.41, 5.74) is 0.761. The first-order chi connectivity index (χ1) is 16.3. The van der Waals surface area contributed by atoms with Crippen molar-refractivity contribution in [1.82, 2.24) is 10.2 Å². The molecule has 0 saturated carbocycles. The summed E-state index contributed by atoms with van der Waals surface area (Å²) < 4.78 is 55.3. The highest BCUT2D eigenvalue weighted by molar-refractivity contribution is 5.92. The minimum Gasteiger partial charge on any atom is -0.493 e. The van der Waals surface area contributed by atoms with Crippen molar-refractivity contribution in [3.05, 3.63) is 59.2 Å². The number of fused-ring (bicyclic) bond motifs is 1. The first-order valence-electron chi connectivity index (χ1n) is 11.2. The van der Waals surface area contributed by atoms with Gasteiger partial charge in [-0.1, -0.05) is 18.2 Å². The molecular weight excluding hydrogens is 449 g/mol. The van der Waals surface area contributed by atoms with Gasteiger partial charge in [-0.15, -0.1) is 0 Å². The highest BCUT2D eigenvalue weighted by Crippen LogP contribution is 2.40. The zero-order valence-electron chi connectivity index (χ0n) is 18.9. The molecule has 34 heavy (non-hydrogen) atoms. The SMILES string of the molecule is COc1cc(C=CC(=O)NC2CCN(Cc3cccc(C(F)(F)F)c3)CC2)cc2c1OCCO2. The van der Waals surface area contributed by atoms with Crippen LogP contribution < -0.4 is 19.5 Å². The number of rotatable bonds is 6. The van der Waals surface area contributed by atoms with Crippen LogP contribution in [0.4, 0.5) is 13.2 Å². The van der Waals surface area contributed by atoms with Crippen LogP contribution in [0.2, 0.25) is 0 Å². The molecule has 1 N–H and O–H groups in total. The molecule has 0 aromatic heterocycles. The van der Waals surface area contributed by atoms with Crippen LogP contribution in [0.3, 0.4) is 0 Å². The first kappa shape index (κ1) is 23.9. The molecule has 2 aromatic rings. The molecule has 4 rings (SSSR count). The van der Waals surface area contributed by atoms with E-state index in [2.05, 4.69) is 10.2 Å². The molecule has 2 heterocycles. The fourth-order valence-corrected chi connectivity index (χ4v) is 4.15. The van der Waals surface area contributed by atoms with Crippen LogP contribution in [0.15, 0.2) is 42.5 Å². The molecule has 2 aliphatic rings. The summed E-state index contributed by atoms with van der Waals surface area (Å²) in [5.74, 6) is 1.49. The lowest BCUT2D eigenvalue weighted by Crippen LogP contribution is -2.43. The number of methoxy groups -OCH3 is 1. The van der Waals surface area contributed by atoms with E-state index in [0.717, 1.165) is 24.5 Å². The number of nitrogens with one attached hydrogen (secondary N) is 1. The fourth-order valence-electron chi connectivity index (χ4n) is 4.15. The molecule has 1 fully saturated rings. The second kappa shape index (κ2) is 10.4. The molecule has 0 bridgehead atoms. The maximum Gasteiger partial charge on any atom is 0.416 e. The van der Waals surface area contributed by atoms with Crippen LogP contribution in [0.25, 0.3) is 6.08 Å². The average molecular weight is 476 g/mol. The number of carbonyl (C=O) groups is 1. The molecule has 0 atom stereocenters.